The van der Waals surface area contributed by atoms with Gasteiger partial charge in [-0.1, -0.05) is 54.1 Å². The first-order chi connectivity index (χ1) is 10.3. The highest BCUT2D eigenvalue weighted by molar-refractivity contribution is 7.80. The highest BCUT2D eigenvalue weighted by Gasteiger charge is 2.13. The van der Waals surface area contributed by atoms with Gasteiger partial charge in [-0.3, -0.25) is 0 Å². The van der Waals surface area contributed by atoms with Crippen molar-refractivity contribution < 1.29 is 0 Å². The number of thiol groups is 1. The standard InChI is InChI=1S/C18H11ClS2/c19-14-8-4-9-15(20)17(14)13-7-3-6-12-11-5-1-2-10-16(11)21-18(12)13/h1-10,20H. The van der Waals surface area contributed by atoms with Crippen LogP contribution in [0.5, 0.6) is 0 Å². The average molecular weight is 327 g/mol. The average Bonchev–Trinajstić information content (AvgIpc) is 2.87. The van der Waals surface area contributed by atoms with Crippen LogP contribution in [0.2, 0.25) is 5.02 Å². The van der Waals surface area contributed by atoms with Crippen molar-refractivity contribution in [1.82, 2.24) is 0 Å². The van der Waals surface area contributed by atoms with E-state index in [1.54, 1.807) is 0 Å². The summed E-state index contributed by atoms with van der Waals surface area (Å²) >= 11 is 12.8. The maximum Gasteiger partial charge on any atom is 0.0496 e. The Kier molecular flexibility index (Phi) is 3.18. The van der Waals surface area contributed by atoms with Gasteiger partial charge < -0.3 is 0 Å². The van der Waals surface area contributed by atoms with Crippen LogP contribution in [0.15, 0.2) is 65.6 Å². The van der Waals surface area contributed by atoms with E-state index in [2.05, 4.69) is 55.1 Å². The first-order valence-corrected chi connectivity index (χ1v) is 8.28. The summed E-state index contributed by atoms with van der Waals surface area (Å²) in [5.41, 5.74) is 2.17. The topological polar surface area (TPSA) is 0 Å². The van der Waals surface area contributed by atoms with Crippen LogP contribution in [-0.2, 0) is 0 Å². The van der Waals surface area contributed by atoms with Gasteiger partial charge in [-0.25, -0.2) is 0 Å². The predicted molar refractivity (Wildman–Crippen MR) is 97.0 cm³/mol. The van der Waals surface area contributed by atoms with Gasteiger partial charge in [0.2, 0.25) is 0 Å². The zero-order chi connectivity index (χ0) is 14.4. The Balaban J connectivity index is 2.15. The lowest BCUT2D eigenvalue weighted by molar-refractivity contribution is 1.47. The number of benzene rings is 3. The molecule has 0 N–H and O–H groups in total. The second-order valence-corrected chi connectivity index (χ2v) is 6.86. The van der Waals surface area contributed by atoms with E-state index in [0.29, 0.717) is 0 Å². The Bertz CT molecular complexity index is 949. The fourth-order valence-corrected chi connectivity index (χ4v) is 4.62. The minimum atomic E-state index is 0.743. The number of rotatable bonds is 1. The fraction of sp³-hybridized carbons (Fsp3) is 0. The summed E-state index contributed by atoms with van der Waals surface area (Å²) in [6, 6.07) is 20.7. The van der Waals surface area contributed by atoms with E-state index in [0.717, 1.165) is 21.0 Å². The second-order valence-electron chi connectivity index (χ2n) is 4.91. The normalized spacial score (nSPS) is 11.3. The number of halogens is 1. The van der Waals surface area contributed by atoms with E-state index >= 15 is 0 Å². The molecule has 0 spiro atoms. The number of thiophene rings is 1. The molecule has 0 fully saturated rings. The minimum absolute atomic E-state index is 0.743. The summed E-state index contributed by atoms with van der Waals surface area (Å²) in [5.74, 6) is 0. The molecule has 0 aliphatic carbocycles. The molecule has 4 rings (SSSR count). The molecule has 0 nitrogen and oxygen atoms in total. The molecule has 3 aromatic carbocycles. The van der Waals surface area contributed by atoms with Crippen molar-refractivity contribution in [2.24, 2.45) is 0 Å². The summed E-state index contributed by atoms with van der Waals surface area (Å²) < 4.78 is 2.56. The van der Waals surface area contributed by atoms with Gasteiger partial charge in [0.05, 0.1) is 0 Å². The van der Waals surface area contributed by atoms with E-state index in [1.165, 1.54) is 20.2 Å². The van der Waals surface area contributed by atoms with E-state index in [-0.39, 0.29) is 0 Å². The van der Waals surface area contributed by atoms with Crippen molar-refractivity contribution in [2.45, 2.75) is 4.90 Å². The zero-order valence-corrected chi connectivity index (χ0v) is 13.5. The van der Waals surface area contributed by atoms with Crippen LogP contribution in [0.25, 0.3) is 31.3 Å². The number of hydrogen-bond acceptors (Lipinski definition) is 2. The van der Waals surface area contributed by atoms with Gasteiger partial charge in [-0.05, 0) is 18.2 Å². The van der Waals surface area contributed by atoms with Gasteiger partial charge in [-0.2, -0.15) is 0 Å². The predicted octanol–water partition coefficient (Wildman–Crippen LogP) is 6.66. The summed E-state index contributed by atoms with van der Waals surface area (Å²) in [6.45, 7) is 0. The van der Waals surface area contributed by atoms with Crippen molar-refractivity contribution in [3.63, 3.8) is 0 Å². The number of fused-ring (bicyclic) bond motifs is 3. The Labute approximate surface area is 137 Å². The first kappa shape index (κ1) is 13.2. The molecule has 102 valence electrons. The highest BCUT2D eigenvalue weighted by Crippen LogP contribution is 2.43. The molecule has 0 saturated carbocycles. The molecule has 4 aromatic rings. The fourth-order valence-electron chi connectivity index (χ4n) is 2.72. The van der Waals surface area contributed by atoms with Crippen LogP contribution in [0, 0.1) is 0 Å². The lowest BCUT2D eigenvalue weighted by Crippen LogP contribution is -1.82. The van der Waals surface area contributed by atoms with Crippen molar-refractivity contribution in [1.29, 1.82) is 0 Å². The minimum Gasteiger partial charge on any atom is -0.143 e. The van der Waals surface area contributed by atoms with Crippen molar-refractivity contribution in [3.05, 3.63) is 65.7 Å². The maximum absolute atomic E-state index is 6.42. The highest BCUT2D eigenvalue weighted by atomic mass is 35.5. The third-order valence-corrected chi connectivity index (χ3v) is 5.57. The van der Waals surface area contributed by atoms with E-state index < -0.39 is 0 Å². The third kappa shape index (κ3) is 2.06. The Hall–Kier alpha value is -1.48. The van der Waals surface area contributed by atoms with Crippen LogP contribution in [0.4, 0.5) is 0 Å². The molecular weight excluding hydrogens is 316 g/mol. The van der Waals surface area contributed by atoms with E-state index in [9.17, 15) is 0 Å². The third-order valence-electron chi connectivity index (χ3n) is 3.67. The maximum atomic E-state index is 6.42. The van der Waals surface area contributed by atoms with Crippen LogP contribution >= 0.6 is 35.6 Å². The van der Waals surface area contributed by atoms with Gasteiger partial charge >= 0.3 is 0 Å². The summed E-state index contributed by atoms with van der Waals surface area (Å²) in [6.07, 6.45) is 0. The molecule has 0 amide bonds. The van der Waals surface area contributed by atoms with Gasteiger partial charge in [0.15, 0.2) is 0 Å². The van der Waals surface area contributed by atoms with Crippen LogP contribution in [0.1, 0.15) is 0 Å². The monoisotopic (exact) mass is 326 g/mol. The van der Waals surface area contributed by atoms with Crippen LogP contribution in [0.3, 0.4) is 0 Å². The largest absolute Gasteiger partial charge is 0.143 e. The molecule has 0 radical (unpaired) electrons. The SMILES string of the molecule is Sc1cccc(Cl)c1-c1cccc2c1sc1ccccc12. The summed E-state index contributed by atoms with van der Waals surface area (Å²) in [5, 5.41) is 3.32. The molecule has 0 unspecified atom stereocenters. The van der Waals surface area contributed by atoms with Gasteiger partial charge in [-0.15, -0.1) is 24.0 Å². The number of hydrogen-bond donors (Lipinski definition) is 1. The quantitative estimate of drug-likeness (QED) is 0.371. The first-order valence-electron chi connectivity index (χ1n) is 6.64. The molecule has 0 aliphatic heterocycles. The lowest BCUT2D eigenvalue weighted by Gasteiger charge is -2.09. The molecule has 3 heteroatoms. The van der Waals surface area contributed by atoms with Crippen molar-refractivity contribution >= 4 is 55.7 Å². The second kappa shape index (κ2) is 5.06. The molecule has 0 saturated heterocycles. The summed E-state index contributed by atoms with van der Waals surface area (Å²) in [4.78, 5) is 0.910. The van der Waals surface area contributed by atoms with Crippen LogP contribution in [-0.4, -0.2) is 0 Å². The van der Waals surface area contributed by atoms with Crippen molar-refractivity contribution in [3.8, 4) is 11.1 Å². The Morgan fingerprint density at radius 1 is 0.810 bits per heavy atom. The van der Waals surface area contributed by atoms with E-state index in [4.69, 9.17) is 11.6 Å². The molecule has 0 bridgehead atoms. The van der Waals surface area contributed by atoms with Crippen molar-refractivity contribution in [2.75, 3.05) is 0 Å². The van der Waals surface area contributed by atoms with Gasteiger partial charge in [0.25, 0.3) is 0 Å². The molecular formula is C18H11ClS2. The molecule has 0 aliphatic rings. The Morgan fingerprint density at radius 3 is 2.43 bits per heavy atom. The lowest BCUT2D eigenvalue weighted by atomic mass is 10.0. The molecule has 1 aromatic heterocycles. The van der Waals surface area contributed by atoms with Gasteiger partial charge in [0.1, 0.15) is 0 Å². The summed E-state index contributed by atoms with van der Waals surface area (Å²) in [7, 11) is 0. The zero-order valence-electron chi connectivity index (χ0n) is 11.0. The molecule has 0 atom stereocenters. The van der Waals surface area contributed by atoms with Crippen LogP contribution < -0.4 is 0 Å². The smallest absolute Gasteiger partial charge is 0.0496 e. The Morgan fingerprint density at radius 2 is 1.57 bits per heavy atom. The van der Waals surface area contributed by atoms with E-state index in [1.807, 2.05) is 29.5 Å². The molecule has 1 heterocycles. The van der Waals surface area contributed by atoms with Gasteiger partial charge in [0, 0.05) is 41.2 Å². The molecule has 21 heavy (non-hydrogen) atoms.